The molecule has 2 aromatic carbocycles. The average Bonchev–Trinajstić information content (AvgIpc) is 2.79. The van der Waals surface area contributed by atoms with E-state index in [2.05, 4.69) is 43.1 Å². The number of hydrogen-bond acceptors (Lipinski definition) is 2. The third kappa shape index (κ3) is 2.91. The molecule has 0 saturated heterocycles. The van der Waals surface area contributed by atoms with Gasteiger partial charge in [-0.2, -0.15) is 0 Å². The molecule has 3 unspecified atom stereocenters. The maximum absolute atomic E-state index is 10.4. The number of nitrogens with zero attached hydrogens (tertiary/aromatic N) is 1. The fourth-order valence-corrected chi connectivity index (χ4v) is 3.65. The maximum Gasteiger partial charge on any atom is 0.0837 e. The van der Waals surface area contributed by atoms with Gasteiger partial charge in [0, 0.05) is 23.5 Å². The van der Waals surface area contributed by atoms with Gasteiger partial charge in [0.1, 0.15) is 0 Å². The van der Waals surface area contributed by atoms with Gasteiger partial charge in [0.2, 0.25) is 0 Å². The predicted octanol–water partition coefficient (Wildman–Crippen LogP) is 4.24. The fourth-order valence-electron chi connectivity index (χ4n) is 3.52. The highest BCUT2D eigenvalue weighted by molar-refractivity contribution is 6.30. The van der Waals surface area contributed by atoms with Crippen molar-refractivity contribution in [2.75, 3.05) is 13.6 Å². The molecule has 1 N–H and O–H groups in total. The zero-order valence-electron chi connectivity index (χ0n) is 13.0. The van der Waals surface area contributed by atoms with Crippen molar-refractivity contribution in [3.8, 4) is 0 Å². The Balaban J connectivity index is 1.72. The summed E-state index contributed by atoms with van der Waals surface area (Å²) in [4.78, 5) is 2.36. The number of halogens is 1. The molecule has 0 spiro atoms. The molecule has 2 nitrogen and oxygen atoms in total. The van der Waals surface area contributed by atoms with Gasteiger partial charge in [-0.1, -0.05) is 54.9 Å². The van der Waals surface area contributed by atoms with Gasteiger partial charge in [-0.25, -0.2) is 0 Å². The quantitative estimate of drug-likeness (QED) is 0.912. The first-order valence-corrected chi connectivity index (χ1v) is 8.17. The van der Waals surface area contributed by atoms with Crippen LogP contribution in [-0.4, -0.2) is 23.6 Å². The number of aliphatic hydroxyl groups excluding tert-OH is 1. The molecule has 0 amide bonds. The predicted molar refractivity (Wildman–Crippen MR) is 91.1 cm³/mol. The number of likely N-dealkylation sites (N-methyl/N-ethyl adjacent to an activating group) is 1. The van der Waals surface area contributed by atoms with Crippen molar-refractivity contribution in [3.63, 3.8) is 0 Å². The van der Waals surface area contributed by atoms with Crippen molar-refractivity contribution < 1.29 is 5.11 Å². The van der Waals surface area contributed by atoms with Crippen LogP contribution in [0.5, 0.6) is 0 Å². The van der Waals surface area contributed by atoms with E-state index < -0.39 is 0 Å². The Morgan fingerprint density at radius 2 is 1.68 bits per heavy atom. The molecule has 0 aromatic heterocycles. The Morgan fingerprint density at radius 1 is 1.05 bits per heavy atom. The second-order valence-electron chi connectivity index (χ2n) is 6.23. The van der Waals surface area contributed by atoms with E-state index in [1.54, 1.807) is 0 Å². The van der Waals surface area contributed by atoms with Crippen molar-refractivity contribution in [1.29, 1.82) is 0 Å². The minimum absolute atomic E-state index is 0.215. The third-order valence-corrected chi connectivity index (χ3v) is 5.02. The summed E-state index contributed by atoms with van der Waals surface area (Å²) in [7, 11) is 2.14. The van der Waals surface area contributed by atoms with Gasteiger partial charge in [0.25, 0.3) is 0 Å². The standard InChI is InChI=1S/C19H22ClNO/c1-13-18(16-5-3-4-6-17(16)19(13)22)21(2)12-11-14-7-9-15(20)10-8-14/h3-10,13,18-19,22H,11-12H2,1-2H3. The Morgan fingerprint density at radius 3 is 2.36 bits per heavy atom. The Bertz CT molecular complexity index is 640. The summed E-state index contributed by atoms with van der Waals surface area (Å²) in [6, 6.07) is 16.6. The topological polar surface area (TPSA) is 23.5 Å². The summed E-state index contributed by atoms with van der Waals surface area (Å²) in [6.07, 6.45) is 0.619. The molecule has 0 radical (unpaired) electrons. The molecular formula is C19H22ClNO. The molecule has 0 fully saturated rings. The number of rotatable bonds is 4. The van der Waals surface area contributed by atoms with Crippen LogP contribution in [0.2, 0.25) is 5.02 Å². The molecule has 3 heteroatoms. The number of hydrogen-bond donors (Lipinski definition) is 1. The molecular weight excluding hydrogens is 294 g/mol. The third-order valence-electron chi connectivity index (χ3n) is 4.77. The molecule has 0 aliphatic heterocycles. The van der Waals surface area contributed by atoms with Crippen molar-refractivity contribution in [2.45, 2.75) is 25.5 Å². The number of fused-ring (bicyclic) bond motifs is 1. The Kier molecular flexibility index (Phi) is 4.53. The normalized spacial score (nSPS) is 23.8. The van der Waals surface area contributed by atoms with Crippen LogP contribution in [0.1, 0.15) is 35.8 Å². The van der Waals surface area contributed by atoms with Gasteiger partial charge in [0.05, 0.1) is 6.10 Å². The van der Waals surface area contributed by atoms with Crippen LogP contribution in [0.3, 0.4) is 0 Å². The van der Waals surface area contributed by atoms with Crippen molar-refractivity contribution in [3.05, 3.63) is 70.2 Å². The van der Waals surface area contributed by atoms with Gasteiger partial charge < -0.3 is 5.11 Å². The summed E-state index contributed by atoms with van der Waals surface area (Å²) >= 11 is 5.93. The van der Waals surface area contributed by atoms with Gasteiger partial charge in [-0.15, -0.1) is 0 Å². The number of benzene rings is 2. The highest BCUT2D eigenvalue weighted by atomic mass is 35.5. The van der Waals surface area contributed by atoms with E-state index >= 15 is 0 Å². The second kappa shape index (κ2) is 6.41. The van der Waals surface area contributed by atoms with Crippen LogP contribution in [-0.2, 0) is 6.42 Å². The van der Waals surface area contributed by atoms with E-state index in [0.29, 0.717) is 0 Å². The molecule has 1 aliphatic carbocycles. The van der Waals surface area contributed by atoms with Crippen LogP contribution < -0.4 is 0 Å². The molecule has 0 heterocycles. The lowest BCUT2D eigenvalue weighted by Crippen LogP contribution is -2.29. The summed E-state index contributed by atoms with van der Waals surface area (Å²) in [5, 5.41) is 11.2. The lowest BCUT2D eigenvalue weighted by Gasteiger charge is -2.29. The van der Waals surface area contributed by atoms with Crippen LogP contribution in [0.4, 0.5) is 0 Å². The molecule has 3 atom stereocenters. The van der Waals surface area contributed by atoms with Gasteiger partial charge >= 0.3 is 0 Å². The summed E-state index contributed by atoms with van der Waals surface area (Å²) in [6.45, 7) is 3.09. The van der Waals surface area contributed by atoms with E-state index in [-0.39, 0.29) is 18.1 Å². The molecule has 1 aliphatic rings. The summed E-state index contributed by atoms with van der Waals surface area (Å²) < 4.78 is 0. The van der Waals surface area contributed by atoms with E-state index in [4.69, 9.17) is 11.6 Å². The second-order valence-corrected chi connectivity index (χ2v) is 6.67. The zero-order valence-corrected chi connectivity index (χ0v) is 13.8. The van der Waals surface area contributed by atoms with Gasteiger partial charge in [-0.05, 0) is 42.3 Å². The van der Waals surface area contributed by atoms with E-state index in [9.17, 15) is 5.11 Å². The molecule has 116 valence electrons. The highest BCUT2D eigenvalue weighted by Gasteiger charge is 2.38. The molecule has 3 rings (SSSR count). The number of aliphatic hydroxyl groups is 1. The van der Waals surface area contributed by atoms with Gasteiger partial charge in [0.15, 0.2) is 0 Å². The minimum atomic E-state index is -0.362. The summed E-state index contributed by atoms with van der Waals surface area (Å²) in [5.41, 5.74) is 3.63. The van der Waals surface area contributed by atoms with E-state index in [1.165, 1.54) is 11.1 Å². The van der Waals surface area contributed by atoms with Crippen LogP contribution in [0, 0.1) is 5.92 Å². The van der Waals surface area contributed by atoms with Gasteiger partial charge in [-0.3, -0.25) is 4.90 Å². The first kappa shape index (κ1) is 15.5. The highest BCUT2D eigenvalue weighted by Crippen LogP contribution is 2.45. The van der Waals surface area contributed by atoms with Crippen molar-refractivity contribution in [2.24, 2.45) is 5.92 Å². The Hall–Kier alpha value is -1.35. The lowest BCUT2D eigenvalue weighted by molar-refractivity contribution is 0.0786. The summed E-state index contributed by atoms with van der Waals surface area (Å²) in [5.74, 6) is 0.215. The van der Waals surface area contributed by atoms with Crippen molar-refractivity contribution >= 4 is 11.6 Å². The fraction of sp³-hybridized carbons (Fsp3) is 0.368. The zero-order chi connectivity index (χ0) is 15.7. The lowest BCUT2D eigenvalue weighted by atomic mass is 9.99. The largest absolute Gasteiger partial charge is 0.388 e. The van der Waals surface area contributed by atoms with Crippen LogP contribution in [0.25, 0.3) is 0 Å². The first-order chi connectivity index (χ1) is 10.6. The average molecular weight is 316 g/mol. The van der Waals surface area contributed by atoms with Crippen LogP contribution >= 0.6 is 11.6 Å². The molecule has 0 saturated carbocycles. The Labute approximate surface area is 137 Å². The smallest absolute Gasteiger partial charge is 0.0837 e. The molecule has 22 heavy (non-hydrogen) atoms. The first-order valence-electron chi connectivity index (χ1n) is 7.79. The van der Waals surface area contributed by atoms with Crippen molar-refractivity contribution in [1.82, 2.24) is 4.90 Å². The monoisotopic (exact) mass is 315 g/mol. The van der Waals surface area contributed by atoms with Crippen LogP contribution in [0.15, 0.2) is 48.5 Å². The maximum atomic E-state index is 10.4. The molecule has 2 aromatic rings. The molecule has 0 bridgehead atoms. The minimum Gasteiger partial charge on any atom is -0.388 e. The SMILES string of the molecule is CC1C(O)c2ccccc2C1N(C)CCc1ccc(Cl)cc1. The van der Waals surface area contributed by atoms with E-state index in [0.717, 1.165) is 23.6 Å². The van der Waals surface area contributed by atoms with E-state index in [1.807, 2.05) is 24.3 Å².